The van der Waals surface area contributed by atoms with Crippen molar-refractivity contribution in [1.82, 2.24) is 15.0 Å². The second-order valence-corrected chi connectivity index (χ2v) is 2.82. The van der Waals surface area contributed by atoms with E-state index in [1.807, 2.05) is 30.5 Å². The minimum absolute atomic E-state index is 0.934. The third kappa shape index (κ3) is 1.45. The lowest BCUT2D eigenvalue weighted by molar-refractivity contribution is 0.858. The van der Waals surface area contributed by atoms with Gasteiger partial charge in [-0.2, -0.15) is 0 Å². The monoisotopic (exact) mass is 173 g/mol. The number of rotatable bonds is 2. The van der Waals surface area contributed by atoms with E-state index < -0.39 is 0 Å². The normalized spacial score (nSPS) is 11.5. The molecule has 0 saturated heterocycles. The van der Waals surface area contributed by atoms with E-state index in [1.54, 1.807) is 4.68 Å². The van der Waals surface area contributed by atoms with Crippen molar-refractivity contribution in [2.75, 3.05) is 0 Å². The highest BCUT2D eigenvalue weighted by atomic mass is 15.4. The molecule has 3 heteroatoms. The molecular weight excluding hydrogens is 162 g/mol. The average Bonchev–Trinajstić information content (AvgIpc) is 2.58. The number of para-hydroxylation sites is 1. The Labute approximate surface area is 76.7 Å². The van der Waals surface area contributed by atoms with Gasteiger partial charge in [-0.15, -0.1) is 5.10 Å². The maximum atomic E-state index is 4.03. The van der Waals surface area contributed by atoms with E-state index in [1.165, 1.54) is 0 Å². The summed E-state index contributed by atoms with van der Waals surface area (Å²) in [4.78, 5) is 0. The summed E-state index contributed by atoms with van der Waals surface area (Å²) in [6.07, 6.45) is 5.00. The molecule has 0 aliphatic heterocycles. The van der Waals surface area contributed by atoms with Crippen LogP contribution in [0.5, 0.6) is 0 Å². The fraction of sp³-hybridized carbons (Fsp3) is 0.200. The van der Waals surface area contributed by atoms with Crippen LogP contribution >= 0.6 is 0 Å². The lowest BCUT2D eigenvalue weighted by Gasteiger charge is -1.91. The molecule has 0 unspecified atom stereocenters. The van der Waals surface area contributed by atoms with Crippen molar-refractivity contribution in [3.05, 3.63) is 30.3 Å². The highest BCUT2D eigenvalue weighted by Gasteiger charge is 1.98. The molecule has 0 radical (unpaired) electrons. The number of benzene rings is 1. The number of hydrogen-bond donors (Lipinski definition) is 0. The second-order valence-electron chi connectivity index (χ2n) is 2.82. The van der Waals surface area contributed by atoms with Gasteiger partial charge in [0.05, 0.1) is 5.52 Å². The quantitative estimate of drug-likeness (QED) is 0.697. The Kier molecular flexibility index (Phi) is 2.08. The highest BCUT2D eigenvalue weighted by molar-refractivity contribution is 5.75. The van der Waals surface area contributed by atoms with Gasteiger partial charge >= 0.3 is 0 Å². The van der Waals surface area contributed by atoms with Gasteiger partial charge < -0.3 is 0 Å². The molecule has 0 spiro atoms. The molecule has 0 aliphatic rings. The zero-order valence-corrected chi connectivity index (χ0v) is 7.51. The smallest absolute Gasteiger partial charge is 0.113 e. The van der Waals surface area contributed by atoms with Gasteiger partial charge in [-0.1, -0.05) is 30.3 Å². The van der Waals surface area contributed by atoms with Crippen LogP contribution in [0.1, 0.15) is 13.3 Å². The van der Waals surface area contributed by atoms with Gasteiger partial charge in [-0.25, -0.2) is 4.68 Å². The molecule has 2 aromatic rings. The van der Waals surface area contributed by atoms with Gasteiger partial charge in [-0.05, 0) is 18.6 Å². The van der Waals surface area contributed by atoms with E-state index in [4.69, 9.17) is 0 Å². The molecule has 0 saturated carbocycles. The predicted octanol–water partition coefficient (Wildman–Crippen LogP) is 2.31. The van der Waals surface area contributed by atoms with Crippen molar-refractivity contribution in [3.8, 4) is 0 Å². The van der Waals surface area contributed by atoms with Gasteiger partial charge in [0.1, 0.15) is 5.52 Å². The first-order valence-corrected chi connectivity index (χ1v) is 4.38. The van der Waals surface area contributed by atoms with Crippen LogP contribution in [-0.4, -0.2) is 15.0 Å². The van der Waals surface area contributed by atoms with Crippen molar-refractivity contribution >= 4 is 17.2 Å². The number of hydrogen-bond acceptors (Lipinski definition) is 2. The summed E-state index contributed by atoms with van der Waals surface area (Å²) in [5.74, 6) is 0. The van der Waals surface area contributed by atoms with Crippen LogP contribution in [0.4, 0.5) is 0 Å². The summed E-state index contributed by atoms with van der Waals surface area (Å²) < 4.78 is 1.79. The topological polar surface area (TPSA) is 30.7 Å². The van der Waals surface area contributed by atoms with E-state index in [0.29, 0.717) is 0 Å². The van der Waals surface area contributed by atoms with Crippen LogP contribution in [0.3, 0.4) is 0 Å². The maximum absolute atomic E-state index is 4.03. The van der Waals surface area contributed by atoms with E-state index in [0.717, 1.165) is 17.5 Å². The fourth-order valence-electron chi connectivity index (χ4n) is 1.20. The first-order valence-electron chi connectivity index (χ1n) is 4.38. The SMILES string of the molecule is CC/C=C\n1nnc2ccccc21. The van der Waals surface area contributed by atoms with Crippen molar-refractivity contribution < 1.29 is 0 Å². The summed E-state index contributed by atoms with van der Waals surface area (Å²) in [7, 11) is 0. The first-order chi connectivity index (χ1) is 6.42. The van der Waals surface area contributed by atoms with E-state index in [2.05, 4.69) is 23.3 Å². The van der Waals surface area contributed by atoms with Gasteiger partial charge in [0.2, 0.25) is 0 Å². The summed E-state index contributed by atoms with van der Waals surface area (Å²) in [6.45, 7) is 2.09. The average molecular weight is 173 g/mol. The lowest BCUT2D eigenvalue weighted by atomic mass is 10.3. The highest BCUT2D eigenvalue weighted by Crippen LogP contribution is 2.09. The molecule has 66 valence electrons. The predicted molar refractivity (Wildman–Crippen MR) is 53.1 cm³/mol. The molecule has 2 rings (SSSR count). The molecule has 0 N–H and O–H groups in total. The molecule has 13 heavy (non-hydrogen) atoms. The lowest BCUT2D eigenvalue weighted by Crippen LogP contribution is -1.87. The zero-order valence-electron chi connectivity index (χ0n) is 7.51. The standard InChI is InChI=1S/C10H11N3/c1-2-3-8-13-10-7-5-4-6-9(10)11-12-13/h3-8H,2H2,1H3/b8-3-. The Bertz CT molecular complexity index is 428. The Morgan fingerprint density at radius 2 is 2.23 bits per heavy atom. The first kappa shape index (κ1) is 7.98. The molecule has 1 aromatic carbocycles. The minimum atomic E-state index is 0.934. The van der Waals surface area contributed by atoms with Gasteiger partial charge in [0, 0.05) is 6.20 Å². The summed E-state index contributed by atoms with van der Waals surface area (Å²) >= 11 is 0. The summed E-state index contributed by atoms with van der Waals surface area (Å²) in [6, 6.07) is 7.92. The van der Waals surface area contributed by atoms with E-state index in [-0.39, 0.29) is 0 Å². The van der Waals surface area contributed by atoms with Gasteiger partial charge in [-0.3, -0.25) is 0 Å². The molecule has 0 amide bonds. The Morgan fingerprint density at radius 1 is 1.38 bits per heavy atom. The summed E-state index contributed by atoms with van der Waals surface area (Å²) in [5.41, 5.74) is 1.98. The van der Waals surface area contributed by atoms with Crippen molar-refractivity contribution in [2.24, 2.45) is 0 Å². The molecule has 0 bridgehead atoms. The molecule has 0 atom stereocenters. The van der Waals surface area contributed by atoms with Gasteiger partial charge in [0.15, 0.2) is 0 Å². The number of aromatic nitrogens is 3. The second kappa shape index (κ2) is 3.39. The molecule has 0 fully saturated rings. The number of nitrogens with zero attached hydrogens (tertiary/aromatic N) is 3. The Morgan fingerprint density at radius 3 is 3.08 bits per heavy atom. The zero-order chi connectivity index (χ0) is 9.10. The van der Waals surface area contributed by atoms with Crippen molar-refractivity contribution in [3.63, 3.8) is 0 Å². The van der Waals surface area contributed by atoms with Gasteiger partial charge in [0.25, 0.3) is 0 Å². The largest absolute Gasteiger partial charge is 0.220 e. The summed E-state index contributed by atoms with van der Waals surface area (Å²) in [5, 5.41) is 8.05. The van der Waals surface area contributed by atoms with E-state index in [9.17, 15) is 0 Å². The molecule has 1 aromatic heterocycles. The van der Waals surface area contributed by atoms with Crippen LogP contribution in [0.15, 0.2) is 30.3 Å². The molecular formula is C10H11N3. The van der Waals surface area contributed by atoms with Crippen LogP contribution in [0, 0.1) is 0 Å². The van der Waals surface area contributed by atoms with E-state index >= 15 is 0 Å². The number of allylic oxidation sites excluding steroid dienone is 1. The molecule has 3 nitrogen and oxygen atoms in total. The third-order valence-corrected chi connectivity index (χ3v) is 1.86. The number of fused-ring (bicyclic) bond motifs is 1. The molecule has 1 heterocycles. The van der Waals surface area contributed by atoms with Crippen LogP contribution in [0.2, 0.25) is 0 Å². The van der Waals surface area contributed by atoms with Crippen LogP contribution in [-0.2, 0) is 0 Å². The minimum Gasteiger partial charge on any atom is -0.220 e. The third-order valence-electron chi connectivity index (χ3n) is 1.86. The van der Waals surface area contributed by atoms with Crippen LogP contribution < -0.4 is 0 Å². The Hall–Kier alpha value is -1.64. The van der Waals surface area contributed by atoms with Crippen molar-refractivity contribution in [2.45, 2.75) is 13.3 Å². The Balaban J connectivity index is 2.52. The van der Waals surface area contributed by atoms with Crippen LogP contribution in [0.25, 0.3) is 17.2 Å². The van der Waals surface area contributed by atoms with Crippen molar-refractivity contribution in [1.29, 1.82) is 0 Å². The maximum Gasteiger partial charge on any atom is 0.113 e. The molecule has 0 aliphatic carbocycles. The fourth-order valence-corrected chi connectivity index (χ4v) is 1.20.